The highest BCUT2D eigenvalue weighted by Crippen LogP contribution is 2.68. The molecule has 0 radical (unpaired) electrons. The molecule has 1 unspecified atom stereocenters. The lowest BCUT2D eigenvalue weighted by molar-refractivity contribution is -0.129. The Balaban J connectivity index is 1.10. The van der Waals surface area contributed by atoms with Crippen molar-refractivity contribution in [2.45, 2.75) is 124 Å². The van der Waals surface area contributed by atoms with Gasteiger partial charge in [0.2, 0.25) is 0 Å². The number of aliphatic hydroxyl groups is 1. The minimum absolute atomic E-state index is 0.0353. The molecule has 4 saturated carbocycles. The van der Waals surface area contributed by atoms with Crippen molar-refractivity contribution in [2.24, 2.45) is 58.2 Å². The van der Waals surface area contributed by atoms with Crippen molar-refractivity contribution in [2.75, 3.05) is 7.11 Å². The Hall–Kier alpha value is -1.48. The Labute approximate surface area is 251 Å². The van der Waals surface area contributed by atoms with Crippen LogP contribution < -0.4 is 4.74 Å². The van der Waals surface area contributed by atoms with E-state index in [1.165, 1.54) is 64.2 Å². The zero-order valence-corrected chi connectivity index (χ0v) is 27.1. The largest absolute Gasteiger partial charge is 0.504 e. The zero-order chi connectivity index (χ0) is 29.4. The second-order valence-electron chi connectivity index (χ2n) is 15.7. The van der Waals surface area contributed by atoms with Crippen LogP contribution in [0.25, 0.3) is 6.08 Å². The van der Waals surface area contributed by atoms with Gasteiger partial charge in [-0.3, -0.25) is 0 Å². The van der Waals surface area contributed by atoms with E-state index in [4.69, 9.17) is 4.74 Å². The first-order valence-electron chi connectivity index (χ1n) is 17.3. The van der Waals surface area contributed by atoms with Crippen molar-refractivity contribution in [3.8, 4) is 11.5 Å². The maximum Gasteiger partial charge on any atom is 0.161 e. The average Bonchev–Trinajstić information content (AvgIpc) is 3.32. The minimum atomic E-state index is -0.0353. The van der Waals surface area contributed by atoms with E-state index in [2.05, 4.69) is 46.8 Å². The van der Waals surface area contributed by atoms with Crippen LogP contribution in [0.1, 0.15) is 124 Å². The molecule has 0 aliphatic heterocycles. The van der Waals surface area contributed by atoms with Crippen LogP contribution in [-0.4, -0.2) is 23.4 Å². The number of hydrogen-bond donors (Lipinski definition) is 2. The summed E-state index contributed by atoms with van der Waals surface area (Å²) in [6.07, 6.45) is 21.5. The van der Waals surface area contributed by atoms with Crippen molar-refractivity contribution in [3.05, 3.63) is 29.8 Å². The molecular formula is C38H60O3. The fourth-order valence-corrected chi connectivity index (χ4v) is 10.9. The Bertz CT molecular complexity index is 1050. The van der Waals surface area contributed by atoms with Crippen molar-refractivity contribution in [3.63, 3.8) is 0 Å². The number of phenols is 1. The molecule has 230 valence electrons. The summed E-state index contributed by atoms with van der Waals surface area (Å²) in [6, 6.07) is 5.54. The fraction of sp³-hybridized carbons (Fsp3) is 0.789. The molecule has 3 heteroatoms. The normalized spacial score (nSPS) is 39.0. The van der Waals surface area contributed by atoms with Crippen LogP contribution in [0.15, 0.2) is 24.3 Å². The van der Waals surface area contributed by atoms with Gasteiger partial charge < -0.3 is 14.9 Å². The summed E-state index contributed by atoms with van der Waals surface area (Å²) in [7, 11) is 1.59. The molecule has 0 spiro atoms. The van der Waals surface area contributed by atoms with Crippen LogP contribution in [0.4, 0.5) is 0 Å². The van der Waals surface area contributed by atoms with Crippen LogP contribution in [0.2, 0.25) is 0 Å². The van der Waals surface area contributed by atoms with Crippen LogP contribution >= 0.6 is 0 Å². The quantitative estimate of drug-likeness (QED) is 0.297. The summed E-state index contributed by atoms with van der Waals surface area (Å²) in [5, 5.41) is 20.2. The number of phenolic OH excluding ortho intramolecular Hbond substituents is 1. The number of methoxy groups -OCH3 is 1. The molecule has 0 saturated heterocycles. The summed E-state index contributed by atoms with van der Waals surface area (Å²) in [5.74, 6) is 7.51. The second kappa shape index (κ2) is 12.6. The molecule has 2 N–H and O–H groups in total. The molecule has 5 rings (SSSR count). The highest BCUT2D eigenvalue weighted by Gasteiger charge is 2.60. The van der Waals surface area contributed by atoms with Gasteiger partial charge in [0, 0.05) is 0 Å². The summed E-state index contributed by atoms with van der Waals surface area (Å²) in [6.45, 7) is 12.9. The van der Waals surface area contributed by atoms with Gasteiger partial charge in [0.15, 0.2) is 11.5 Å². The van der Waals surface area contributed by atoms with E-state index in [-0.39, 0.29) is 11.9 Å². The minimum Gasteiger partial charge on any atom is -0.504 e. The maximum absolute atomic E-state index is 10.4. The van der Waals surface area contributed by atoms with Gasteiger partial charge in [0.1, 0.15) is 0 Å². The van der Waals surface area contributed by atoms with Gasteiger partial charge in [-0.15, -0.1) is 0 Å². The lowest BCUT2D eigenvalue weighted by atomic mass is 9.44. The molecule has 11 atom stereocenters. The monoisotopic (exact) mass is 564 g/mol. The van der Waals surface area contributed by atoms with Gasteiger partial charge in [-0.25, -0.2) is 0 Å². The molecule has 0 bridgehead atoms. The Morgan fingerprint density at radius 3 is 2.41 bits per heavy atom. The van der Waals surface area contributed by atoms with Crippen LogP contribution in [0.3, 0.4) is 0 Å². The molecule has 0 aromatic heterocycles. The summed E-state index contributed by atoms with van der Waals surface area (Å²) in [5.41, 5.74) is 2.12. The number of fused-ring (bicyclic) bond motifs is 5. The van der Waals surface area contributed by atoms with E-state index in [1.54, 1.807) is 13.2 Å². The van der Waals surface area contributed by atoms with Crippen molar-refractivity contribution >= 4 is 6.08 Å². The molecule has 41 heavy (non-hydrogen) atoms. The van der Waals surface area contributed by atoms with Crippen molar-refractivity contribution in [1.29, 1.82) is 0 Å². The molecule has 0 amide bonds. The number of benzene rings is 1. The highest BCUT2D eigenvalue weighted by atomic mass is 16.5. The molecule has 4 aliphatic carbocycles. The third-order valence-electron chi connectivity index (χ3n) is 13.7. The number of aromatic hydroxyl groups is 1. The summed E-state index contributed by atoms with van der Waals surface area (Å²) < 4.78 is 5.24. The van der Waals surface area contributed by atoms with E-state index < -0.39 is 0 Å². The molecule has 4 fully saturated rings. The zero-order valence-electron chi connectivity index (χ0n) is 27.1. The number of allylic oxidation sites excluding steroid dienone is 1. The first-order valence-corrected chi connectivity index (χ1v) is 17.3. The Morgan fingerprint density at radius 1 is 0.902 bits per heavy atom. The molecule has 0 heterocycles. The van der Waals surface area contributed by atoms with E-state index in [0.717, 1.165) is 72.2 Å². The van der Waals surface area contributed by atoms with E-state index in [1.807, 2.05) is 12.1 Å². The van der Waals surface area contributed by atoms with Crippen LogP contribution in [-0.2, 0) is 0 Å². The van der Waals surface area contributed by atoms with Crippen LogP contribution in [0.5, 0.6) is 11.5 Å². The molecule has 1 aromatic rings. The fourth-order valence-electron chi connectivity index (χ4n) is 10.9. The lowest BCUT2D eigenvalue weighted by Gasteiger charge is -2.61. The predicted octanol–water partition coefficient (Wildman–Crippen LogP) is 9.90. The maximum atomic E-state index is 10.4. The van der Waals surface area contributed by atoms with Crippen molar-refractivity contribution < 1.29 is 14.9 Å². The van der Waals surface area contributed by atoms with Gasteiger partial charge in [-0.2, -0.15) is 0 Å². The molecule has 3 nitrogen and oxygen atoms in total. The number of aliphatic hydroxyl groups excluding tert-OH is 1. The third kappa shape index (κ3) is 6.13. The number of rotatable bonds is 10. The molecule has 1 aromatic carbocycles. The number of hydrogen-bond acceptors (Lipinski definition) is 3. The van der Waals surface area contributed by atoms with Gasteiger partial charge in [0.25, 0.3) is 0 Å². The van der Waals surface area contributed by atoms with Gasteiger partial charge in [0.05, 0.1) is 13.2 Å². The van der Waals surface area contributed by atoms with Gasteiger partial charge in [-0.05, 0) is 146 Å². The first-order chi connectivity index (χ1) is 19.6. The molecular weight excluding hydrogens is 504 g/mol. The van der Waals surface area contributed by atoms with Crippen molar-refractivity contribution in [1.82, 2.24) is 0 Å². The smallest absolute Gasteiger partial charge is 0.161 e. The van der Waals surface area contributed by atoms with Crippen LogP contribution in [0, 0.1) is 58.2 Å². The third-order valence-corrected chi connectivity index (χ3v) is 13.7. The first kappa shape index (κ1) is 31.0. The standard InChI is InChI=1S/C38H60O3/c1-25(9-7-8-10-28-13-18-35(40)36(23-28)41-6)26(2)11-12-27(3)32-16-17-33-31-15-14-29-24-30(39)19-21-37(29,4)34(31)20-22-38(32,33)5/h8,10,13,18,23,25-27,29-34,39-40H,7,9,11-12,14-17,19-22,24H2,1-6H3/b10-8+/t25?,26-,27-,29+,30+,31+,32-,33+,34+,37+,38-/m1/s1. The van der Waals surface area contributed by atoms with E-state index >= 15 is 0 Å². The summed E-state index contributed by atoms with van der Waals surface area (Å²) in [4.78, 5) is 0. The Morgan fingerprint density at radius 2 is 1.63 bits per heavy atom. The topological polar surface area (TPSA) is 49.7 Å². The Kier molecular flexibility index (Phi) is 9.54. The van der Waals surface area contributed by atoms with Gasteiger partial charge >= 0.3 is 0 Å². The number of ether oxygens (including phenoxy) is 1. The second-order valence-corrected chi connectivity index (χ2v) is 15.7. The van der Waals surface area contributed by atoms with E-state index in [0.29, 0.717) is 16.6 Å². The van der Waals surface area contributed by atoms with Gasteiger partial charge in [-0.1, -0.05) is 65.7 Å². The predicted molar refractivity (Wildman–Crippen MR) is 171 cm³/mol. The highest BCUT2D eigenvalue weighted by molar-refractivity contribution is 5.55. The lowest BCUT2D eigenvalue weighted by Crippen LogP contribution is -2.54. The van der Waals surface area contributed by atoms with E-state index in [9.17, 15) is 10.2 Å². The summed E-state index contributed by atoms with van der Waals surface area (Å²) >= 11 is 0. The molecule has 4 aliphatic rings. The SMILES string of the molecule is COc1cc(/C=C/CCC(C)[C@H](C)CC[C@@H](C)[C@H]2CC[C@H]3[C@@H]4CC[C@H]5C[C@@H](O)CC[C@]5(C)[C@H]4CC[C@]23C)ccc1O. The average molecular weight is 565 g/mol.